The van der Waals surface area contributed by atoms with Gasteiger partial charge in [-0.15, -0.1) is 0 Å². The molecule has 5 heteroatoms. The lowest BCUT2D eigenvalue weighted by Gasteiger charge is -2.04. The number of hydrogen-bond acceptors (Lipinski definition) is 4. The predicted octanol–water partition coefficient (Wildman–Crippen LogP) is 1.62. The van der Waals surface area contributed by atoms with Gasteiger partial charge in [-0.3, -0.25) is 4.79 Å². The summed E-state index contributed by atoms with van der Waals surface area (Å²) in [6, 6.07) is 3.64. The van der Waals surface area contributed by atoms with Gasteiger partial charge in [-0.25, -0.2) is 4.39 Å². The minimum absolute atomic E-state index is 0.0281. The topological polar surface area (TPSA) is 58.9 Å². The highest BCUT2D eigenvalue weighted by Crippen LogP contribution is 2.24. The average Bonchev–Trinajstić information content (AvgIpc) is 2.37. The van der Waals surface area contributed by atoms with Gasteiger partial charge in [0.05, 0.1) is 12.2 Å². The number of fused-ring (bicyclic) bond motifs is 1. The van der Waals surface area contributed by atoms with Gasteiger partial charge in [0.1, 0.15) is 17.3 Å². The zero-order valence-electron chi connectivity index (χ0n) is 7.74. The fourth-order valence-corrected chi connectivity index (χ4v) is 1.43. The molecule has 0 bridgehead atoms. The van der Waals surface area contributed by atoms with Crippen LogP contribution in [0.3, 0.4) is 0 Å². The standard InChI is InChI=1S/C10H8FNO3/c11-6-1-2-7-9(5-6)15-4-3-8(12-14)10(7)13/h1-2,5,14H,3-4H2/b12-8-. The molecule has 1 heterocycles. The van der Waals surface area contributed by atoms with Crippen LogP contribution >= 0.6 is 0 Å². The molecule has 0 spiro atoms. The number of nitrogens with zero attached hydrogens (tertiary/aromatic N) is 1. The second-order valence-electron chi connectivity index (χ2n) is 3.11. The lowest BCUT2D eigenvalue weighted by Crippen LogP contribution is -2.13. The maximum atomic E-state index is 12.9. The molecular weight excluding hydrogens is 201 g/mol. The fraction of sp³-hybridized carbons (Fsp3) is 0.200. The number of benzene rings is 1. The highest BCUT2D eigenvalue weighted by molar-refractivity contribution is 6.46. The molecule has 1 aromatic carbocycles. The Kier molecular flexibility index (Phi) is 2.37. The second kappa shape index (κ2) is 3.68. The van der Waals surface area contributed by atoms with E-state index in [0.717, 1.165) is 6.07 Å². The molecule has 1 aliphatic rings. The minimum Gasteiger partial charge on any atom is -0.492 e. The molecule has 0 saturated heterocycles. The average molecular weight is 209 g/mol. The molecule has 0 radical (unpaired) electrons. The molecule has 4 nitrogen and oxygen atoms in total. The Morgan fingerprint density at radius 1 is 1.47 bits per heavy atom. The summed E-state index contributed by atoms with van der Waals surface area (Å²) in [4.78, 5) is 11.7. The third-order valence-corrected chi connectivity index (χ3v) is 2.17. The number of ether oxygens (including phenoxy) is 1. The maximum Gasteiger partial charge on any atom is 0.214 e. The summed E-state index contributed by atoms with van der Waals surface area (Å²) in [7, 11) is 0. The Morgan fingerprint density at radius 3 is 3.00 bits per heavy atom. The Morgan fingerprint density at radius 2 is 2.27 bits per heavy atom. The number of carbonyl (C=O) groups excluding carboxylic acids is 1. The van der Waals surface area contributed by atoms with Crippen LogP contribution < -0.4 is 4.74 Å². The zero-order valence-corrected chi connectivity index (χ0v) is 7.74. The van der Waals surface area contributed by atoms with Crippen molar-refractivity contribution in [3.63, 3.8) is 0 Å². The van der Waals surface area contributed by atoms with Gasteiger partial charge in [0.15, 0.2) is 0 Å². The molecule has 2 rings (SSSR count). The monoisotopic (exact) mass is 209 g/mol. The smallest absolute Gasteiger partial charge is 0.214 e. The summed E-state index contributed by atoms with van der Waals surface area (Å²) in [5, 5.41) is 11.5. The molecule has 0 unspecified atom stereocenters. The molecule has 0 aromatic heterocycles. The summed E-state index contributed by atoms with van der Waals surface area (Å²) in [6.45, 7) is 0.196. The number of Topliss-reactive ketones (excluding diaryl/α,β-unsaturated/α-hetero) is 1. The van der Waals surface area contributed by atoms with Crippen LogP contribution in [0.2, 0.25) is 0 Å². The van der Waals surface area contributed by atoms with Crippen molar-refractivity contribution in [3.05, 3.63) is 29.6 Å². The largest absolute Gasteiger partial charge is 0.492 e. The van der Waals surface area contributed by atoms with E-state index >= 15 is 0 Å². The molecule has 0 amide bonds. The van der Waals surface area contributed by atoms with Gasteiger partial charge in [-0.1, -0.05) is 5.16 Å². The van der Waals surface area contributed by atoms with Crippen LogP contribution in [0.25, 0.3) is 0 Å². The van der Waals surface area contributed by atoms with Gasteiger partial charge >= 0.3 is 0 Å². The number of hydrogen-bond donors (Lipinski definition) is 1. The Balaban J connectivity index is 2.52. The summed E-state index contributed by atoms with van der Waals surface area (Å²) >= 11 is 0. The van der Waals surface area contributed by atoms with Gasteiger partial charge in [0.25, 0.3) is 0 Å². The van der Waals surface area contributed by atoms with E-state index in [1.807, 2.05) is 0 Å². The van der Waals surface area contributed by atoms with E-state index in [2.05, 4.69) is 5.16 Å². The van der Waals surface area contributed by atoms with E-state index < -0.39 is 11.6 Å². The molecule has 0 fully saturated rings. The van der Waals surface area contributed by atoms with Crippen molar-refractivity contribution in [2.24, 2.45) is 5.16 Å². The quantitative estimate of drug-likeness (QED) is 0.521. The summed E-state index contributed by atoms with van der Waals surface area (Å²) in [5.74, 6) is -0.699. The molecule has 0 aliphatic carbocycles. The number of rotatable bonds is 0. The predicted molar refractivity (Wildman–Crippen MR) is 50.1 cm³/mol. The van der Waals surface area contributed by atoms with Crippen LogP contribution in [0.4, 0.5) is 4.39 Å². The third-order valence-electron chi connectivity index (χ3n) is 2.17. The van der Waals surface area contributed by atoms with E-state index in [4.69, 9.17) is 9.94 Å². The van der Waals surface area contributed by atoms with Gasteiger partial charge in [0, 0.05) is 12.5 Å². The van der Waals surface area contributed by atoms with E-state index in [0.29, 0.717) is 0 Å². The minimum atomic E-state index is -0.467. The Bertz CT molecular complexity index is 442. The van der Waals surface area contributed by atoms with Crippen molar-refractivity contribution in [2.45, 2.75) is 6.42 Å². The van der Waals surface area contributed by atoms with Crippen LogP contribution in [0.5, 0.6) is 5.75 Å². The summed E-state index contributed by atoms with van der Waals surface area (Å²) in [6.07, 6.45) is 0.214. The molecule has 1 N–H and O–H groups in total. The van der Waals surface area contributed by atoms with E-state index in [1.54, 1.807) is 0 Å². The van der Waals surface area contributed by atoms with Crippen molar-refractivity contribution >= 4 is 11.5 Å². The fourth-order valence-electron chi connectivity index (χ4n) is 1.43. The number of halogens is 1. The van der Waals surface area contributed by atoms with Crippen molar-refractivity contribution < 1.29 is 19.1 Å². The van der Waals surface area contributed by atoms with Crippen LogP contribution in [0.15, 0.2) is 23.4 Å². The molecule has 0 atom stereocenters. The third kappa shape index (κ3) is 1.68. The summed E-state index contributed by atoms with van der Waals surface area (Å²) < 4.78 is 18.0. The first kappa shape index (κ1) is 9.64. The van der Waals surface area contributed by atoms with Gasteiger partial charge < -0.3 is 9.94 Å². The first-order chi connectivity index (χ1) is 7.22. The molecule has 1 aromatic rings. The first-order valence-electron chi connectivity index (χ1n) is 4.40. The maximum absolute atomic E-state index is 12.9. The molecule has 1 aliphatic heterocycles. The highest BCUT2D eigenvalue weighted by Gasteiger charge is 2.23. The van der Waals surface area contributed by atoms with E-state index in [9.17, 15) is 9.18 Å². The molecule has 78 valence electrons. The van der Waals surface area contributed by atoms with E-state index in [-0.39, 0.29) is 30.1 Å². The lowest BCUT2D eigenvalue weighted by molar-refractivity contribution is 0.106. The molecular formula is C10H8FNO3. The van der Waals surface area contributed by atoms with Gasteiger partial charge in [-0.05, 0) is 12.1 Å². The molecule has 0 saturated carbocycles. The second-order valence-corrected chi connectivity index (χ2v) is 3.11. The van der Waals surface area contributed by atoms with Crippen LogP contribution in [0, 0.1) is 5.82 Å². The van der Waals surface area contributed by atoms with Gasteiger partial charge in [0.2, 0.25) is 5.78 Å². The van der Waals surface area contributed by atoms with Crippen LogP contribution in [-0.2, 0) is 0 Å². The number of ketones is 1. The number of carbonyl (C=O) groups is 1. The van der Waals surface area contributed by atoms with Crippen molar-refractivity contribution in [1.82, 2.24) is 0 Å². The number of oxime groups is 1. The van der Waals surface area contributed by atoms with E-state index in [1.165, 1.54) is 12.1 Å². The van der Waals surface area contributed by atoms with Crippen LogP contribution in [0.1, 0.15) is 16.8 Å². The Hall–Kier alpha value is -1.91. The Labute approximate surface area is 85.0 Å². The lowest BCUT2D eigenvalue weighted by atomic mass is 10.1. The molecule has 15 heavy (non-hydrogen) atoms. The van der Waals surface area contributed by atoms with Crippen LogP contribution in [-0.4, -0.2) is 23.3 Å². The highest BCUT2D eigenvalue weighted by atomic mass is 19.1. The van der Waals surface area contributed by atoms with Crippen molar-refractivity contribution in [1.29, 1.82) is 0 Å². The normalized spacial score (nSPS) is 18.2. The zero-order chi connectivity index (χ0) is 10.8. The van der Waals surface area contributed by atoms with Crippen molar-refractivity contribution in [3.8, 4) is 5.75 Å². The summed E-state index contributed by atoms with van der Waals surface area (Å²) in [5.41, 5.74) is 0.252. The van der Waals surface area contributed by atoms with Crippen molar-refractivity contribution in [2.75, 3.05) is 6.61 Å². The van der Waals surface area contributed by atoms with Gasteiger partial charge in [-0.2, -0.15) is 0 Å². The SMILES string of the molecule is O=C1/C(=N\O)CCOc2cc(F)ccc21. The first-order valence-corrected chi connectivity index (χ1v) is 4.40.